The molecular weight excluding hydrogens is 422 g/mol. The average molecular weight is 462 g/mol. The number of nitrogens with one attached hydrogen (secondary N) is 2. The van der Waals surface area contributed by atoms with Crippen LogP contribution in [0, 0.1) is 5.92 Å². The minimum absolute atomic E-state index is 0.201. The molecule has 0 radical (unpaired) electrons. The highest BCUT2D eigenvalue weighted by Crippen LogP contribution is 2.26. The van der Waals surface area contributed by atoms with Gasteiger partial charge >= 0.3 is 0 Å². The van der Waals surface area contributed by atoms with E-state index in [-0.39, 0.29) is 30.0 Å². The maximum atomic E-state index is 13.0. The molecule has 2 aliphatic heterocycles. The molecule has 1 aromatic heterocycles. The second-order valence-electron chi connectivity index (χ2n) is 9.68. The second kappa shape index (κ2) is 10.6. The molecule has 1 fully saturated rings. The van der Waals surface area contributed by atoms with Crippen LogP contribution in [0.1, 0.15) is 55.1 Å². The predicted molar refractivity (Wildman–Crippen MR) is 126 cm³/mol. The van der Waals surface area contributed by atoms with E-state index in [1.165, 1.54) is 15.6 Å². The molecule has 184 valence electrons. The van der Waals surface area contributed by atoms with Crippen LogP contribution in [-0.4, -0.2) is 107 Å². The largest absolute Gasteiger partial charge is 0.354 e. The Morgan fingerprint density at radius 3 is 2.42 bits per heavy atom. The van der Waals surface area contributed by atoms with Crippen molar-refractivity contribution in [3.05, 3.63) is 17.5 Å². The van der Waals surface area contributed by atoms with Crippen LogP contribution in [0.5, 0.6) is 0 Å². The van der Waals surface area contributed by atoms with E-state index in [2.05, 4.69) is 46.3 Å². The van der Waals surface area contributed by atoms with Gasteiger partial charge in [0.05, 0.1) is 6.54 Å². The minimum Gasteiger partial charge on any atom is -0.354 e. The van der Waals surface area contributed by atoms with Gasteiger partial charge < -0.3 is 20.4 Å². The molecule has 3 rings (SSSR count). The SMILES string of the molecule is CCN1CCN(CCNC(=O)c2cc3n(n2)C[C@](C)(C(=O)NCCC(C)C)N(C)C3=O)CC1. The van der Waals surface area contributed by atoms with E-state index in [0.717, 1.165) is 45.7 Å². The van der Waals surface area contributed by atoms with Gasteiger partial charge in [0.1, 0.15) is 11.2 Å². The van der Waals surface area contributed by atoms with E-state index in [0.29, 0.717) is 24.7 Å². The van der Waals surface area contributed by atoms with Gasteiger partial charge in [0.2, 0.25) is 5.91 Å². The van der Waals surface area contributed by atoms with Gasteiger partial charge in [-0.15, -0.1) is 0 Å². The van der Waals surface area contributed by atoms with E-state index in [4.69, 9.17) is 0 Å². The Balaban J connectivity index is 1.58. The molecule has 3 heterocycles. The van der Waals surface area contributed by atoms with E-state index in [1.807, 2.05) is 0 Å². The number of fused-ring (bicyclic) bond motifs is 1. The standard InChI is InChI=1S/C23H39N7O3/c1-6-28-11-13-29(14-12-28)10-9-24-20(31)18-15-19-21(32)27(5)23(4,16-30(19)26-18)22(33)25-8-7-17(2)3/h15,17H,6-14,16H2,1-5H3,(H,24,31)(H,25,33)/t23-/m1/s1. The van der Waals surface area contributed by atoms with Crippen molar-refractivity contribution in [1.82, 2.24) is 35.1 Å². The number of likely N-dealkylation sites (N-methyl/N-ethyl adjacent to an activating group) is 2. The maximum absolute atomic E-state index is 13.0. The smallest absolute Gasteiger partial charge is 0.272 e. The third-order valence-electron chi connectivity index (χ3n) is 6.86. The van der Waals surface area contributed by atoms with Gasteiger partial charge in [-0.3, -0.25) is 24.0 Å². The van der Waals surface area contributed by atoms with E-state index in [1.54, 1.807) is 14.0 Å². The molecule has 10 heteroatoms. The average Bonchev–Trinajstić information content (AvgIpc) is 3.21. The van der Waals surface area contributed by atoms with Crippen LogP contribution >= 0.6 is 0 Å². The number of carbonyl (C=O) groups is 3. The normalized spacial score (nSPS) is 21.9. The molecule has 0 spiro atoms. The highest BCUT2D eigenvalue weighted by molar-refractivity contribution is 6.01. The first-order valence-corrected chi connectivity index (χ1v) is 12.0. The second-order valence-corrected chi connectivity index (χ2v) is 9.68. The zero-order valence-electron chi connectivity index (χ0n) is 20.7. The summed E-state index contributed by atoms with van der Waals surface area (Å²) >= 11 is 0. The highest BCUT2D eigenvalue weighted by atomic mass is 16.2. The lowest BCUT2D eigenvalue weighted by Gasteiger charge is -2.40. The van der Waals surface area contributed by atoms with Gasteiger partial charge in [-0.25, -0.2) is 0 Å². The molecule has 2 aliphatic rings. The number of hydrogen-bond acceptors (Lipinski definition) is 6. The molecule has 0 unspecified atom stereocenters. The van der Waals surface area contributed by atoms with Crippen molar-refractivity contribution in [3.8, 4) is 0 Å². The van der Waals surface area contributed by atoms with Gasteiger partial charge in [-0.2, -0.15) is 5.10 Å². The fourth-order valence-corrected chi connectivity index (χ4v) is 4.25. The predicted octanol–water partition coefficient (Wildman–Crippen LogP) is 0.257. The fourth-order valence-electron chi connectivity index (χ4n) is 4.25. The topological polar surface area (TPSA) is 103 Å². The van der Waals surface area contributed by atoms with Crippen molar-refractivity contribution in [3.63, 3.8) is 0 Å². The van der Waals surface area contributed by atoms with Gasteiger partial charge in [-0.1, -0.05) is 20.8 Å². The Morgan fingerprint density at radius 2 is 1.79 bits per heavy atom. The van der Waals surface area contributed by atoms with E-state index < -0.39 is 5.54 Å². The lowest BCUT2D eigenvalue weighted by Crippen LogP contribution is -2.62. The Bertz CT molecular complexity index is 860. The van der Waals surface area contributed by atoms with Gasteiger partial charge in [0.15, 0.2) is 5.69 Å². The summed E-state index contributed by atoms with van der Waals surface area (Å²) in [5, 5.41) is 10.2. The molecule has 0 saturated carbocycles. The molecule has 2 N–H and O–H groups in total. The van der Waals surface area contributed by atoms with Gasteiger partial charge in [-0.05, 0) is 25.8 Å². The zero-order valence-corrected chi connectivity index (χ0v) is 20.7. The third kappa shape index (κ3) is 5.73. The molecule has 1 atom stereocenters. The van der Waals surface area contributed by atoms with Crippen molar-refractivity contribution in [2.45, 2.75) is 46.2 Å². The summed E-state index contributed by atoms with van der Waals surface area (Å²) in [7, 11) is 1.62. The Morgan fingerprint density at radius 1 is 1.12 bits per heavy atom. The summed E-state index contributed by atoms with van der Waals surface area (Å²) in [5.41, 5.74) is -0.542. The molecule has 0 bridgehead atoms. The van der Waals surface area contributed by atoms with Crippen molar-refractivity contribution >= 4 is 17.7 Å². The number of carbonyl (C=O) groups excluding carboxylic acids is 3. The minimum atomic E-state index is -1.07. The van der Waals surface area contributed by atoms with Crippen LogP contribution in [0.4, 0.5) is 0 Å². The first kappa shape index (κ1) is 25.2. The lowest BCUT2D eigenvalue weighted by atomic mass is 9.95. The van der Waals surface area contributed by atoms with Crippen molar-refractivity contribution in [2.75, 3.05) is 59.4 Å². The van der Waals surface area contributed by atoms with E-state index >= 15 is 0 Å². The van der Waals surface area contributed by atoms with Crippen molar-refractivity contribution in [1.29, 1.82) is 0 Å². The number of piperazine rings is 1. The molecular formula is C23H39N7O3. The van der Waals surface area contributed by atoms with Crippen molar-refractivity contribution < 1.29 is 14.4 Å². The molecule has 1 saturated heterocycles. The highest BCUT2D eigenvalue weighted by Gasteiger charge is 2.46. The number of amides is 3. The van der Waals surface area contributed by atoms with Crippen LogP contribution in [0.25, 0.3) is 0 Å². The zero-order chi connectivity index (χ0) is 24.2. The van der Waals surface area contributed by atoms with E-state index in [9.17, 15) is 14.4 Å². The number of nitrogens with zero attached hydrogens (tertiary/aromatic N) is 5. The maximum Gasteiger partial charge on any atom is 0.272 e. The summed E-state index contributed by atoms with van der Waals surface area (Å²) in [6.45, 7) is 15.3. The lowest BCUT2D eigenvalue weighted by molar-refractivity contribution is -0.132. The molecule has 1 aromatic rings. The fraction of sp³-hybridized carbons (Fsp3) is 0.739. The third-order valence-corrected chi connectivity index (χ3v) is 6.86. The number of aromatic nitrogens is 2. The van der Waals surface area contributed by atoms with Crippen LogP contribution in [0.2, 0.25) is 0 Å². The summed E-state index contributed by atoms with van der Waals surface area (Å²) < 4.78 is 1.49. The first-order valence-electron chi connectivity index (χ1n) is 12.0. The van der Waals surface area contributed by atoms with Gasteiger partial charge in [0.25, 0.3) is 11.8 Å². The summed E-state index contributed by atoms with van der Waals surface area (Å²) in [6.07, 6.45) is 0.866. The Labute approximate surface area is 196 Å². The molecule has 0 aliphatic carbocycles. The summed E-state index contributed by atoms with van der Waals surface area (Å²) in [5.74, 6) is -0.358. The quantitative estimate of drug-likeness (QED) is 0.547. The van der Waals surface area contributed by atoms with Gasteiger partial charge in [0, 0.05) is 58.9 Å². The monoisotopic (exact) mass is 461 g/mol. The first-order chi connectivity index (χ1) is 15.7. The molecule has 10 nitrogen and oxygen atoms in total. The van der Waals surface area contributed by atoms with Crippen molar-refractivity contribution in [2.24, 2.45) is 5.92 Å². The molecule has 33 heavy (non-hydrogen) atoms. The molecule has 0 aromatic carbocycles. The van der Waals surface area contributed by atoms with Crippen LogP contribution in [0.15, 0.2) is 6.07 Å². The Kier molecular flexibility index (Phi) is 8.12. The number of rotatable bonds is 9. The Hall–Kier alpha value is -2.46. The van der Waals surface area contributed by atoms with Crippen LogP contribution < -0.4 is 10.6 Å². The summed E-state index contributed by atoms with van der Waals surface area (Å²) in [4.78, 5) is 44.8. The molecule has 3 amide bonds. The number of hydrogen-bond donors (Lipinski definition) is 2. The van der Waals surface area contributed by atoms with Crippen LogP contribution in [0.3, 0.4) is 0 Å². The summed E-state index contributed by atoms with van der Waals surface area (Å²) in [6, 6.07) is 1.52. The van der Waals surface area contributed by atoms with Crippen LogP contribution in [-0.2, 0) is 11.3 Å².